The number of rotatable bonds is 7. The Morgan fingerprint density at radius 3 is 2.76 bits per heavy atom. The van der Waals surface area contributed by atoms with Crippen molar-refractivity contribution in [2.24, 2.45) is 11.8 Å². The van der Waals surface area contributed by atoms with E-state index in [1.807, 2.05) is 4.90 Å². The highest BCUT2D eigenvalue weighted by molar-refractivity contribution is 5.79. The van der Waals surface area contributed by atoms with Crippen molar-refractivity contribution in [3.05, 3.63) is 11.7 Å². The summed E-state index contributed by atoms with van der Waals surface area (Å²) in [6.07, 6.45) is 7.65. The molecule has 0 N–H and O–H groups in total. The maximum absolute atomic E-state index is 12.1. The zero-order chi connectivity index (χ0) is 17.2. The van der Waals surface area contributed by atoms with Crippen LogP contribution in [0.25, 0.3) is 0 Å². The van der Waals surface area contributed by atoms with E-state index >= 15 is 0 Å². The van der Waals surface area contributed by atoms with Gasteiger partial charge < -0.3 is 14.3 Å². The van der Waals surface area contributed by atoms with Gasteiger partial charge in [0.25, 0.3) is 0 Å². The van der Waals surface area contributed by atoms with Gasteiger partial charge in [0.15, 0.2) is 5.82 Å². The van der Waals surface area contributed by atoms with Crippen LogP contribution in [0.3, 0.4) is 0 Å². The highest BCUT2D eigenvalue weighted by Gasteiger charge is 2.37. The maximum Gasteiger partial charge on any atom is 0.232 e. The van der Waals surface area contributed by atoms with Crippen molar-refractivity contribution in [1.29, 1.82) is 0 Å². The minimum atomic E-state index is 0.0936. The molecule has 3 aliphatic rings. The molecule has 1 aromatic heterocycles. The van der Waals surface area contributed by atoms with E-state index in [0.717, 1.165) is 50.1 Å². The Morgan fingerprint density at radius 2 is 2.00 bits per heavy atom. The number of aryl methyl sites for hydroxylation is 1. The van der Waals surface area contributed by atoms with Crippen LogP contribution >= 0.6 is 0 Å². The molecule has 6 nitrogen and oxygen atoms in total. The molecule has 4 rings (SSSR count). The monoisotopic (exact) mass is 346 g/mol. The summed E-state index contributed by atoms with van der Waals surface area (Å²) in [5.41, 5.74) is 0. The number of nitrogens with zero attached hydrogens (tertiary/aromatic N) is 4. The van der Waals surface area contributed by atoms with Crippen LogP contribution in [0.1, 0.15) is 63.1 Å². The van der Waals surface area contributed by atoms with Crippen LogP contribution in [-0.4, -0.2) is 58.6 Å². The van der Waals surface area contributed by atoms with E-state index in [1.165, 1.54) is 38.8 Å². The van der Waals surface area contributed by atoms with Gasteiger partial charge in [0, 0.05) is 25.9 Å². The standard InChI is InChI=1S/C19H30N4O2/c1-14-6-9-22(10-7-14)8-2-3-17-20-19(25-21-17)16-11-18(24)23(13-16)12-15-4-5-15/h14-16H,2-13H2,1H3. The van der Waals surface area contributed by atoms with Gasteiger partial charge in [-0.1, -0.05) is 12.1 Å². The predicted molar refractivity (Wildman–Crippen MR) is 94.1 cm³/mol. The Morgan fingerprint density at radius 1 is 1.20 bits per heavy atom. The molecule has 3 heterocycles. The number of piperidine rings is 1. The molecule has 3 fully saturated rings. The molecule has 1 amide bonds. The molecule has 25 heavy (non-hydrogen) atoms. The van der Waals surface area contributed by atoms with Crippen molar-refractivity contribution < 1.29 is 9.32 Å². The van der Waals surface area contributed by atoms with E-state index in [9.17, 15) is 4.79 Å². The van der Waals surface area contributed by atoms with Crippen LogP contribution in [-0.2, 0) is 11.2 Å². The minimum Gasteiger partial charge on any atom is -0.342 e. The van der Waals surface area contributed by atoms with Gasteiger partial charge in [-0.25, -0.2) is 0 Å². The van der Waals surface area contributed by atoms with E-state index in [1.54, 1.807) is 0 Å². The summed E-state index contributed by atoms with van der Waals surface area (Å²) in [6, 6.07) is 0. The van der Waals surface area contributed by atoms with Gasteiger partial charge in [-0.15, -0.1) is 0 Å². The van der Waals surface area contributed by atoms with E-state index in [0.29, 0.717) is 12.3 Å². The van der Waals surface area contributed by atoms with Gasteiger partial charge >= 0.3 is 0 Å². The van der Waals surface area contributed by atoms with Crippen molar-refractivity contribution in [2.75, 3.05) is 32.7 Å². The van der Waals surface area contributed by atoms with Crippen LogP contribution in [0.4, 0.5) is 0 Å². The molecule has 2 saturated heterocycles. The smallest absolute Gasteiger partial charge is 0.232 e. The van der Waals surface area contributed by atoms with Gasteiger partial charge in [-0.2, -0.15) is 4.98 Å². The van der Waals surface area contributed by atoms with E-state index in [-0.39, 0.29) is 11.8 Å². The minimum absolute atomic E-state index is 0.0936. The molecule has 1 atom stereocenters. The van der Waals surface area contributed by atoms with Crippen molar-refractivity contribution in [1.82, 2.24) is 19.9 Å². The number of hydrogen-bond donors (Lipinski definition) is 0. The first-order valence-corrected chi connectivity index (χ1v) is 10.00. The first-order chi connectivity index (χ1) is 12.2. The fraction of sp³-hybridized carbons (Fsp3) is 0.842. The van der Waals surface area contributed by atoms with E-state index in [4.69, 9.17) is 4.52 Å². The topological polar surface area (TPSA) is 62.5 Å². The third kappa shape index (κ3) is 4.40. The summed E-state index contributed by atoms with van der Waals surface area (Å²) in [5, 5.41) is 4.14. The first kappa shape index (κ1) is 17.0. The lowest BCUT2D eigenvalue weighted by atomic mass is 9.99. The zero-order valence-electron chi connectivity index (χ0n) is 15.3. The molecule has 0 spiro atoms. The van der Waals surface area contributed by atoms with Crippen LogP contribution in [0.15, 0.2) is 4.52 Å². The van der Waals surface area contributed by atoms with Gasteiger partial charge in [0.05, 0.1) is 5.92 Å². The van der Waals surface area contributed by atoms with Gasteiger partial charge in [-0.3, -0.25) is 4.79 Å². The predicted octanol–water partition coefficient (Wildman–Crippen LogP) is 2.46. The Labute approximate surface area is 149 Å². The average molecular weight is 346 g/mol. The summed E-state index contributed by atoms with van der Waals surface area (Å²) in [7, 11) is 0. The van der Waals surface area contributed by atoms with Crippen molar-refractivity contribution in [3.8, 4) is 0 Å². The molecule has 0 radical (unpaired) electrons. The number of aromatic nitrogens is 2. The molecule has 1 aliphatic carbocycles. The molecular weight excluding hydrogens is 316 g/mol. The maximum atomic E-state index is 12.1. The summed E-state index contributed by atoms with van der Waals surface area (Å²) >= 11 is 0. The lowest BCUT2D eigenvalue weighted by Crippen LogP contribution is -2.33. The third-order valence-electron chi connectivity index (χ3n) is 5.97. The Kier molecular flexibility index (Phi) is 5.06. The molecule has 1 aromatic rings. The lowest BCUT2D eigenvalue weighted by molar-refractivity contribution is -0.127. The molecule has 1 saturated carbocycles. The lowest BCUT2D eigenvalue weighted by Gasteiger charge is -2.29. The number of hydrogen-bond acceptors (Lipinski definition) is 5. The quantitative estimate of drug-likeness (QED) is 0.759. The average Bonchev–Trinajstić information content (AvgIpc) is 3.16. The van der Waals surface area contributed by atoms with Gasteiger partial charge in [0.2, 0.25) is 11.8 Å². The third-order valence-corrected chi connectivity index (χ3v) is 5.97. The molecule has 2 aliphatic heterocycles. The number of amides is 1. The van der Waals surface area contributed by atoms with Crippen molar-refractivity contribution in [2.45, 2.75) is 57.8 Å². The Bertz CT molecular complexity index is 590. The van der Waals surface area contributed by atoms with Crippen LogP contribution in [0, 0.1) is 11.8 Å². The second-order valence-electron chi connectivity index (χ2n) is 8.32. The fourth-order valence-electron chi connectivity index (χ4n) is 4.01. The molecule has 6 heteroatoms. The van der Waals surface area contributed by atoms with E-state index < -0.39 is 0 Å². The number of likely N-dealkylation sites (tertiary alicyclic amines) is 2. The van der Waals surface area contributed by atoms with E-state index in [2.05, 4.69) is 22.0 Å². The Balaban J connectivity index is 1.22. The largest absolute Gasteiger partial charge is 0.342 e. The van der Waals surface area contributed by atoms with Gasteiger partial charge in [-0.05, 0) is 63.6 Å². The second kappa shape index (κ2) is 7.44. The number of carbonyl (C=O) groups excluding carboxylic acids is 1. The molecule has 0 bridgehead atoms. The SMILES string of the molecule is CC1CCN(CCCc2noc(C3CC(=O)N(CC4CC4)C3)n2)CC1. The fourth-order valence-corrected chi connectivity index (χ4v) is 4.01. The first-order valence-electron chi connectivity index (χ1n) is 10.00. The van der Waals surface area contributed by atoms with Gasteiger partial charge in [0.1, 0.15) is 0 Å². The summed E-state index contributed by atoms with van der Waals surface area (Å²) in [6.45, 7) is 7.58. The second-order valence-corrected chi connectivity index (χ2v) is 8.32. The highest BCUT2D eigenvalue weighted by Crippen LogP contribution is 2.34. The van der Waals surface area contributed by atoms with Crippen LogP contribution in [0.5, 0.6) is 0 Å². The molecule has 0 aromatic carbocycles. The zero-order valence-corrected chi connectivity index (χ0v) is 15.3. The number of carbonyl (C=O) groups is 1. The summed E-state index contributed by atoms with van der Waals surface area (Å²) in [4.78, 5) is 21.2. The normalized spacial score (nSPS) is 25.9. The van der Waals surface area contributed by atoms with Crippen LogP contribution < -0.4 is 0 Å². The highest BCUT2D eigenvalue weighted by atomic mass is 16.5. The van der Waals surface area contributed by atoms with Crippen molar-refractivity contribution >= 4 is 5.91 Å². The molecule has 1 unspecified atom stereocenters. The summed E-state index contributed by atoms with van der Waals surface area (Å²) in [5.74, 6) is 3.41. The molecular formula is C19H30N4O2. The molecule has 138 valence electrons. The van der Waals surface area contributed by atoms with Crippen molar-refractivity contribution in [3.63, 3.8) is 0 Å². The van der Waals surface area contributed by atoms with Crippen LogP contribution in [0.2, 0.25) is 0 Å². The summed E-state index contributed by atoms with van der Waals surface area (Å²) < 4.78 is 5.47. The Hall–Kier alpha value is -1.43.